The van der Waals surface area contributed by atoms with Crippen LogP contribution in [0.25, 0.3) is 0 Å². The molecule has 1 aromatic carbocycles. The maximum absolute atomic E-state index is 12.2. The van der Waals surface area contributed by atoms with E-state index in [1.54, 1.807) is 10.9 Å². The van der Waals surface area contributed by atoms with Gasteiger partial charge in [-0.1, -0.05) is 35.0 Å². The van der Waals surface area contributed by atoms with Crippen LogP contribution in [0.3, 0.4) is 0 Å². The molecule has 0 saturated carbocycles. The van der Waals surface area contributed by atoms with Gasteiger partial charge in [-0.3, -0.25) is 9.48 Å². The summed E-state index contributed by atoms with van der Waals surface area (Å²) in [5.74, 6) is 0.712. The number of carbonyl (C=O) groups is 1. The highest BCUT2D eigenvalue weighted by atomic mass is 16.5. The van der Waals surface area contributed by atoms with Crippen molar-refractivity contribution in [2.24, 2.45) is 7.05 Å². The van der Waals surface area contributed by atoms with Crippen LogP contribution < -0.4 is 5.32 Å². The maximum Gasteiger partial charge on any atom is 0.232 e. The highest BCUT2D eigenvalue weighted by Crippen LogP contribution is 2.40. The van der Waals surface area contributed by atoms with E-state index in [1.165, 1.54) is 0 Å². The van der Waals surface area contributed by atoms with Crippen LogP contribution >= 0.6 is 0 Å². The lowest BCUT2D eigenvalue weighted by Gasteiger charge is -2.15. The van der Waals surface area contributed by atoms with E-state index in [2.05, 4.69) is 20.6 Å². The van der Waals surface area contributed by atoms with Crippen molar-refractivity contribution < 1.29 is 14.1 Å². The number of aryl methyl sites for hydroxylation is 2. The predicted molar refractivity (Wildman–Crippen MR) is 100 cm³/mol. The Labute approximate surface area is 162 Å². The molecule has 0 radical (unpaired) electrons. The number of nitrogens with zero attached hydrogens (tertiary/aromatic N) is 4. The van der Waals surface area contributed by atoms with Gasteiger partial charge in [0.2, 0.25) is 11.8 Å². The lowest BCUT2D eigenvalue weighted by Crippen LogP contribution is -2.25. The van der Waals surface area contributed by atoms with Crippen molar-refractivity contribution in [3.8, 4) is 0 Å². The van der Waals surface area contributed by atoms with E-state index in [-0.39, 0.29) is 24.3 Å². The van der Waals surface area contributed by atoms with E-state index >= 15 is 0 Å². The Morgan fingerprint density at radius 1 is 1.36 bits per heavy atom. The van der Waals surface area contributed by atoms with Gasteiger partial charge in [-0.2, -0.15) is 10.1 Å². The molecule has 28 heavy (non-hydrogen) atoms. The number of carbonyl (C=O) groups excluding carboxylic acids is 1. The second kappa shape index (κ2) is 7.93. The molecule has 3 aromatic rings. The van der Waals surface area contributed by atoms with E-state index in [0.717, 1.165) is 23.2 Å². The van der Waals surface area contributed by atoms with Crippen molar-refractivity contribution >= 4 is 5.91 Å². The minimum Gasteiger partial charge on any atom is -0.371 e. The third-order valence-corrected chi connectivity index (χ3v) is 4.93. The highest BCUT2D eigenvalue weighted by molar-refractivity contribution is 5.77. The van der Waals surface area contributed by atoms with Gasteiger partial charge in [0.15, 0.2) is 5.82 Å². The van der Waals surface area contributed by atoms with Gasteiger partial charge >= 0.3 is 0 Å². The molecule has 1 amide bonds. The summed E-state index contributed by atoms with van der Waals surface area (Å²) in [6.07, 6.45) is 2.44. The molecule has 4 rings (SSSR count). The molecule has 8 heteroatoms. The van der Waals surface area contributed by atoms with E-state index in [4.69, 9.17) is 9.26 Å². The largest absolute Gasteiger partial charge is 0.371 e. The zero-order valence-corrected chi connectivity index (χ0v) is 16.0. The Kier molecular flexibility index (Phi) is 5.21. The Morgan fingerprint density at radius 3 is 3.04 bits per heavy atom. The van der Waals surface area contributed by atoms with Crippen LogP contribution in [0.1, 0.15) is 47.0 Å². The van der Waals surface area contributed by atoms with E-state index in [1.807, 2.05) is 44.3 Å². The van der Waals surface area contributed by atoms with Gasteiger partial charge in [0, 0.05) is 26.4 Å². The van der Waals surface area contributed by atoms with Crippen LogP contribution in [0.4, 0.5) is 0 Å². The lowest BCUT2D eigenvalue weighted by molar-refractivity contribution is -0.120. The summed E-state index contributed by atoms with van der Waals surface area (Å²) in [5, 5.41) is 11.1. The summed E-state index contributed by atoms with van der Waals surface area (Å²) in [7, 11) is 1.88. The third-order valence-electron chi connectivity index (χ3n) is 4.93. The van der Waals surface area contributed by atoms with Crippen molar-refractivity contribution in [2.45, 2.75) is 38.3 Å². The molecule has 2 atom stereocenters. The summed E-state index contributed by atoms with van der Waals surface area (Å²) >= 11 is 0. The zero-order valence-electron chi connectivity index (χ0n) is 16.0. The number of nitrogens with one attached hydrogen (secondary N) is 1. The average molecular weight is 381 g/mol. The fourth-order valence-electron chi connectivity index (χ4n) is 3.52. The molecule has 1 saturated heterocycles. The molecule has 1 fully saturated rings. The average Bonchev–Trinajstić information content (AvgIpc) is 3.40. The fourth-order valence-corrected chi connectivity index (χ4v) is 3.52. The fraction of sp³-hybridized carbons (Fsp3) is 0.400. The first-order valence-electron chi connectivity index (χ1n) is 9.34. The molecule has 0 bridgehead atoms. The SMILES string of the molecule is Cc1cccc(CNC(=O)Cc2noc([C@@H]3CCO[C@H]3c3ccnn3C)n2)c1. The normalized spacial score (nSPS) is 19.1. The van der Waals surface area contributed by atoms with E-state index < -0.39 is 0 Å². The number of benzene rings is 1. The molecule has 0 spiro atoms. The van der Waals surface area contributed by atoms with Gasteiger partial charge in [0.25, 0.3) is 0 Å². The van der Waals surface area contributed by atoms with Gasteiger partial charge in [0.05, 0.1) is 18.0 Å². The maximum atomic E-state index is 12.2. The van der Waals surface area contributed by atoms with E-state index in [0.29, 0.717) is 24.9 Å². The molecule has 0 aliphatic carbocycles. The minimum atomic E-state index is -0.170. The molecular formula is C20H23N5O3. The van der Waals surface area contributed by atoms with E-state index in [9.17, 15) is 4.79 Å². The number of amides is 1. The van der Waals surface area contributed by atoms with Crippen molar-refractivity contribution in [3.63, 3.8) is 0 Å². The Hall–Kier alpha value is -3.00. The van der Waals surface area contributed by atoms with Gasteiger partial charge < -0.3 is 14.6 Å². The topological polar surface area (TPSA) is 95.1 Å². The Balaban J connectivity index is 1.37. The van der Waals surface area contributed by atoms with Crippen molar-refractivity contribution in [2.75, 3.05) is 6.61 Å². The second-order valence-corrected chi connectivity index (χ2v) is 7.06. The summed E-state index contributed by atoms with van der Waals surface area (Å²) in [6.45, 7) is 3.12. The molecule has 1 aliphatic heterocycles. The summed E-state index contributed by atoms with van der Waals surface area (Å²) in [6, 6.07) is 9.96. The standard InChI is InChI=1S/C20H23N5O3/c1-13-4-3-5-14(10-13)12-21-18(26)11-17-23-20(28-24-17)15-7-9-27-19(15)16-6-8-22-25(16)2/h3-6,8,10,15,19H,7,9,11-12H2,1-2H3,(H,21,26)/t15-,19-/m1/s1. The first kappa shape index (κ1) is 18.4. The van der Waals surface area contributed by atoms with Crippen LogP contribution in [0.15, 0.2) is 41.1 Å². The van der Waals surface area contributed by atoms with Gasteiger partial charge in [0.1, 0.15) is 6.10 Å². The van der Waals surface area contributed by atoms with Crippen LogP contribution in [0.5, 0.6) is 0 Å². The summed E-state index contributed by atoms with van der Waals surface area (Å²) in [4.78, 5) is 16.7. The number of ether oxygens (including phenoxy) is 1. The summed E-state index contributed by atoms with van der Waals surface area (Å²) in [5.41, 5.74) is 3.19. The molecule has 3 heterocycles. The second-order valence-electron chi connectivity index (χ2n) is 7.06. The molecule has 0 unspecified atom stereocenters. The van der Waals surface area contributed by atoms with Crippen LogP contribution in [0.2, 0.25) is 0 Å². The van der Waals surface area contributed by atoms with Crippen LogP contribution in [-0.4, -0.2) is 32.4 Å². The zero-order chi connectivity index (χ0) is 19.5. The first-order valence-corrected chi connectivity index (χ1v) is 9.34. The molecule has 1 N–H and O–H groups in total. The minimum absolute atomic E-state index is 0.0352. The van der Waals surface area contributed by atoms with Gasteiger partial charge in [-0.15, -0.1) is 0 Å². The quantitative estimate of drug-likeness (QED) is 0.703. The van der Waals surface area contributed by atoms with Crippen molar-refractivity contribution in [1.29, 1.82) is 0 Å². The third kappa shape index (κ3) is 3.96. The van der Waals surface area contributed by atoms with Crippen LogP contribution in [0, 0.1) is 6.92 Å². The number of aromatic nitrogens is 4. The number of hydrogen-bond acceptors (Lipinski definition) is 6. The summed E-state index contributed by atoms with van der Waals surface area (Å²) < 4.78 is 13.1. The molecule has 8 nitrogen and oxygen atoms in total. The number of hydrogen-bond donors (Lipinski definition) is 1. The highest BCUT2D eigenvalue weighted by Gasteiger charge is 2.36. The number of rotatable bonds is 6. The predicted octanol–water partition coefficient (Wildman–Crippen LogP) is 2.22. The van der Waals surface area contributed by atoms with Crippen molar-refractivity contribution in [3.05, 3.63) is 65.1 Å². The lowest BCUT2D eigenvalue weighted by atomic mass is 9.99. The van der Waals surface area contributed by atoms with Gasteiger partial charge in [-0.25, -0.2) is 0 Å². The monoisotopic (exact) mass is 381 g/mol. The first-order chi connectivity index (χ1) is 13.6. The Bertz CT molecular complexity index is 964. The molecule has 2 aromatic heterocycles. The Morgan fingerprint density at radius 2 is 2.25 bits per heavy atom. The van der Waals surface area contributed by atoms with Crippen molar-refractivity contribution in [1.82, 2.24) is 25.2 Å². The smallest absolute Gasteiger partial charge is 0.232 e. The van der Waals surface area contributed by atoms with Crippen LogP contribution in [-0.2, 0) is 29.5 Å². The van der Waals surface area contributed by atoms with Gasteiger partial charge in [-0.05, 0) is 25.0 Å². The molecular weight excluding hydrogens is 358 g/mol. The molecule has 146 valence electrons. The molecule has 1 aliphatic rings.